The van der Waals surface area contributed by atoms with Gasteiger partial charge in [0.2, 0.25) is 0 Å². The highest BCUT2D eigenvalue weighted by Crippen LogP contribution is 2.36. The average molecular weight is 293 g/mol. The van der Waals surface area contributed by atoms with Crippen molar-refractivity contribution in [3.63, 3.8) is 0 Å². The Morgan fingerprint density at radius 2 is 2.29 bits per heavy atom. The second-order valence-corrected chi connectivity index (χ2v) is 5.35. The van der Waals surface area contributed by atoms with E-state index in [2.05, 4.69) is 10.2 Å². The van der Waals surface area contributed by atoms with E-state index in [4.69, 9.17) is 4.74 Å². The predicted molar refractivity (Wildman–Crippen MR) is 83.2 cm³/mol. The Balaban J connectivity index is 2.30. The molecule has 0 spiro atoms. The van der Waals surface area contributed by atoms with E-state index in [1.807, 2.05) is 13.1 Å². The van der Waals surface area contributed by atoms with Crippen molar-refractivity contribution < 1.29 is 9.66 Å². The molecule has 1 saturated heterocycles. The molecule has 1 aromatic rings. The van der Waals surface area contributed by atoms with Crippen molar-refractivity contribution in [1.82, 2.24) is 5.32 Å². The van der Waals surface area contributed by atoms with Gasteiger partial charge in [0, 0.05) is 12.6 Å². The summed E-state index contributed by atoms with van der Waals surface area (Å²) in [5.74, 6) is 0.522. The third-order valence-corrected chi connectivity index (χ3v) is 4.04. The Morgan fingerprint density at radius 3 is 2.95 bits per heavy atom. The van der Waals surface area contributed by atoms with Gasteiger partial charge in [0.25, 0.3) is 5.69 Å². The van der Waals surface area contributed by atoms with E-state index >= 15 is 0 Å². The number of nitro benzene ring substituents is 1. The topological polar surface area (TPSA) is 67.6 Å². The van der Waals surface area contributed by atoms with E-state index in [1.165, 1.54) is 19.6 Å². The van der Waals surface area contributed by atoms with Gasteiger partial charge in [-0.15, -0.1) is 0 Å². The first-order valence-electron chi connectivity index (χ1n) is 7.41. The van der Waals surface area contributed by atoms with Crippen LogP contribution in [-0.2, 0) is 0 Å². The maximum absolute atomic E-state index is 11.4. The molecule has 0 amide bonds. The number of piperidine rings is 1. The normalized spacial score (nSPS) is 18.6. The lowest BCUT2D eigenvalue weighted by Gasteiger charge is -2.37. The van der Waals surface area contributed by atoms with Crippen molar-refractivity contribution in [2.24, 2.45) is 0 Å². The molecule has 6 heteroatoms. The summed E-state index contributed by atoms with van der Waals surface area (Å²) < 4.78 is 5.11. The molecule has 6 nitrogen and oxygen atoms in total. The van der Waals surface area contributed by atoms with Crippen molar-refractivity contribution >= 4 is 11.4 Å². The zero-order chi connectivity index (χ0) is 15.2. The van der Waals surface area contributed by atoms with Crippen LogP contribution in [0.1, 0.15) is 25.7 Å². The molecule has 1 fully saturated rings. The van der Waals surface area contributed by atoms with E-state index in [9.17, 15) is 10.1 Å². The van der Waals surface area contributed by atoms with Gasteiger partial charge in [-0.25, -0.2) is 0 Å². The van der Waals surface area contributed by atoms with Gasteiger partial charge in [0.05, 0.1) is 18.1 Å². The minimum Gasteiger partial charge on any atom is -0.496 e. The minimum absolute atomic E-state index is 0.130. The maximum atomic E-state index is 11.4. The van der Waals surface area contributed by atoms with Gasteiger partial charge in [0.1, 0.15) is 11.4 Å². The molecule has 0 saturated carbocycles. The van der Waals surface area contributed by atoms with Crippen LogP contribution in [0, 0.1) is 10.1 Å². The molecule has 1 aliphatic heterocycles. The number of rotatable bonds is 6. The maximum Gasteiger partial charge on any atom is 0.296 e. The predicted octanol–water partition coefficient (Wildman–Crippen LogP) is 2.57. The minimum atomic E-state index is -0.318. The molecule has 0 aromatic heterocycles. The van der Waals surface area contributed by atoms with Crippen LogP contribution in [0.2, 0.25) is 0 Å². The summed E-state index contributed by atoms with van der Waals surface area (Å²) in [6, 6.07) is 5.48. The monoisotopic (exact) mass is 293 g/mol. The van der Waals surface area contributed by atoms with Gasteiger partial charge in [-0.05, 0) is 51.4 Å². The van der Waals surface area contributed by atoms with E-state index in [-0.39, 0.29) is 10.6 Å². The van der Waals surface area contributed by atoms with Crippen molar-refractivity contribution in [2.75, 3.05) is 32.1 Å². The number of anilines is 1. The van der Waals surface area contributed by atoms with Gasteiger partial charge in [-0.2, -0.15) is 0 Å². The molecule has 1 heterocycles. The number of nitrogens with zero attached hydrogens (tertiary/aromatic N) is 2. The molecule has 0 bridgehead atoms. The Kier molecular flexibility index (Phi) is 5.38. The molecule has 116 valence electrons. The Labute approximate surface area is 125 Å². The highest BCUT2D eigenvalue weighted by Gasteiger charge is 2.28. The Morgan fingerprint density at radius 1 is 1.48 bits per heavy atom. The average Bonchev–Trinajstić information content (AvgIpc) is 2.52. The molecule has 1 atom stereocenters. The second kappa shape index (κ2) is 7.26. The first kappa shape index (κ1) is 15.6. The van der Waals surface area contributed by atoms with Crippen LogP contribution >= 0.6 is 0 Å². The SMILES string of the molecule is CNCCC1CCCCN1c1ccc(OC)cc1[N+](=O)[O-]. The zero-order valence-corrected chi connectivity index (χ0v) is 12.7. The molecule has 21 heavy (non-hydrogen) atoms. The van der Waals surface area contributed by atoms with E-state index in [1.54, 1.807) is 6.07 Å². The summed E-state index contributed by atoms with van der Waals surface area (Å²) in [6.07, 6.45) is 4.36. The smallest absolute Gasteiger partial charge is 0.296 e. The van der Waals surface area contributed by atoms with Crippen molar-refractivity contribution in [1.29, 1.82) is 0 Å². The van der Waals surface area contributed by atoms with Crippen LogP contribution in [-0.4, -0.2) is 38.2 Å². The number of benzene rings is 1. The molecule has 1 aromatic carbocycles. The van der Waals surface area contributed by atoms with Crippen LogP contribution in [0.3, 0.4) is 0 Å². The molecule has 1 unspecified atom stereocenters. The number of methoxy groups -OCH3 is 1. The second-order valence-electron chi connectivity index (χ2n) is 5.35. The van der Waals surface area contributed by atoms with Crippen LogP contribution in [0.15, 0.2) is 18.2 Å². The quantitative estimate of drug-likeness (QED) is 0.645. The third-order valence-electron chi connectivity index (χ3n) is 4.04. The zero-order valence-electron chi connectivity index (χ0n) is 12.7. The summed E-state index contributed by atoms with van der Waals surface area (Å²) >= 11 is 0. The van der Waals surface area contributed by atoms with Crippen molar-refractivity contribution in [3.05, 3.63) is 28.3 Å². The lowest BCUT2D eigenvalue weighted by molar-refractivity contribution is -0.384. The highest BCUT2D eigenvalue weighted by molar-refractivity contribution is 5.66. The molecule has 0 radical (unpaired) electrons. The van der Waals surface area contributed by atoms with E-state index in [0.29, 0.717) is 17.5 Å². The summed E-state index contributed by atoms with van der Waals surface area (Å²) in [5.41, 5.74) is 0.840. The van der Waals surface area contributed by atoms with Gasteiger partial charge in [-0.1, -0.05) is 0 Å². The molecule has 0 aliphatic carbocycles. The fraction of sp³-hybridized carbons (Fsp3) is 0.600. The van der Waals surface area contributed by atoms with E-state index in [0.717, 1.165) is 32.4 Å². The Hall–Kier alpha value is -1.82. The van der Waals surface area contributed by atoms with Crippen molar-refractivity contribution in [2.45, 2.75) is 31.7 Å². The summed E-state index contributed by atoms with van der Waals surface area (Å²) in [7, 11) is 3.46. The molecule has 2 rings (SSSR count). The van der Waals surface area contributed by atoms with Gasteiger partial charge in [0.15, 0.2) is 0 Å². The molecular formula is C15H23N3O3. The third kappa shape index (κ3) is 3.64. The summed E-state index contributed by atoms with van der Waals surface area (Å²) in [4.78, 5) is 13.2. The lowest BCUT2D eigenvalue weighted by Crippen LogP contribution is -2.41. The largest absolute Gasteiger partial charge is 0.496 e. The van der Waals surface area contributed by atoms with Crippen LogP contribution in [0.25, 0.3) is 0 Å². The number of hydrogen-bond acceptors (Lipinski definition) is 5. The highest BCUT2D eigenvalue weighted by atomic mass is 16.6. The summed E-state index contributed by atoms with van der Waals surface area (Å²) in [6.45, 7) is 1.80. The first-order chi connectivity index (χ1) is 10.2. The number of hydrogen-bond donors (Lipinski definition) is 1. The van der Waals surface area contributed by atoms with Crippen LogP contribution in [0.5, 0.6) is 5.75 Å². The van der Waals surface area contributed by atoms with Gasteiger partial charge in [-0.3, -0.25) is 10.1 Å². The molecule has 1 N–H and O–H groups in total. The van der Waals surface area contributed by atoms with Gasteiger partial charge < -0.3 is 15.0 Å². The number of nitro groups is 1. The van der Waals surface area contributed by atoms with Crippen LogP contribution in [0.4, 0.5) is 11.4 Å². The number of nitrogens with one attached hydrogen (secondary N) is 1. The van der Waals surface area contributed by atoms with Crippen LogP contribution < -0.4 is 15.0 Å². The van der Waals surface area contributed by atoms with Gasteiger partial charge >= 0.3 is 0 Å². The fourth-order valence-corrected chi connectivity index (χ4v) is 2.95. The standard InChI is InChI=1S/C15H23N3O3/c1-16-9-8-12-5-3-4-10-17(12)14-7-6-13(21-2)11-15(14)18(19)20/h6-7,11-12,16H,3-5,8-10H2,1-2H3. The summed E-state index contributed by atoms with van der Waals surface area (Å²) in [5, 5.41) is 14.5. The number of ether oxygens (including phenoxy) is 1. The molecular weight excluding hydrogens is 270 g/mol. The van der Waals surface area contributed by atoms with Crippen molar-refractivity contribution in [3.8, 4) is 5.75 Å². The molecule has 1 aliphatic rings. The fourth-order valence-electron chi connectivity index (χ4n) is 2.95. The lowest BCUT2D eigenvalue weighted by atomic mass is 9.98. The first-order valence-corrected chi connectivity index (χ1v) is 7.41. The Bertz CT molecular complexity index is 493. The van der Waals surface area contributed by atoms with E-state index < -0.39 is 0 Å².